The van der Waals surface area contributed by atoms with Crippen LogP contribution in [-0.4, -0.2) is 312 Å². The first-order valence-electron chi connectivity index (χ1n) is 40.4. The van der Waals surface area contributed by atoms with E-state index >= 15 is 0 Å². The Labute approximate surface area is 722 Å². The number of fused-ring (bicyclic) bond motifs is 6. The number of epoxide rings is 1. The predicted molar refractivity (Wildman–Crippen MR) is 445 cm³/mol. The topological polar surface area (TPSA) is 548 Å². The summed E-state index contributed by atoms with van der Waals surface area (Å²) in [5.41, 5.74) is 2.72. The van der Waals surface area contributed by atoms with Crippen molar-refractivity contribution in [2.75, 3.05) is 104 Å². The summed E-state index contributed by atoms with van der Waals surface area (Å²) < 4.78 is 87.1. The number of nitrogens with one attached hydrogen (secondary N) is 7. The minimum atomic E-state index is -4.72. The van der Waals surface area contributed by atoms with Crippen molar-refractivity contribution in [3.05, 3.63) is 100 Å². The molecule has 41 nitrogen and oxygen atoms in total. The highest BCUT2D eigenvalue weighted by molar-refractivity contribution is 7.85. The Balaban J connectivity index is 0.803. The van der Waals surface area contributed by atoms with Gasteiger partial charge in [-0.05, 0) is 107 Å². The summed E-state index contributed by atoms with van der Waals surface area (Å²) in [4.78, 5) is 144. The first-order valence-corrected chi connectivity index (χ1v) is 42.4. The number of amides is 9. The van der Waals surface area contributed by atoms with Crippen LogP contribution in [0.1, 0.15) is 104 Å². The summed E-state index contributed by atoms with van der Waals surface area (Å²) >= 11 is 6.83. The fourth-order valence-electron chi connectivity index (χ4n) is 14.1. The molecule has 2 aromatic carbocycles. The van der Waals surface area contributed by atoms with E-state index in [2.05, 4.69) is 42.3 Å². The number of nitrogens with zero attached hydrogens (tertiary/aromatic N) is 6. The molecule has 14 N–H and O–H groups in total. The molecule has 4 aromatic rings. The quantitative estimate of drug-likeness (QED) is 0.00729. The lowest BCUT2D eigenvalue weighted by Crippen LogP contribution is -2.63. The van der Waals surface area contributed by atoms with Crippen molar-refractivity contribution in [1.29, 1.82) is 0 Å². The summed E-state index contributed by atoms with van der Waals surface area (Å²) in [6, 6.07) is 7.64. The maximum Gasteiger partial charge on any atom is 0.409 e. The first kappa shape index (κ1) is 99.7. The third-order valence-corrected chi connectivity index (χ3v) is 22.9. The number of aliphatic hydroxyl groups is 6. The number of aliphatic hydroxyl groups excluding tert-OH is 5. The molecule has 8 rings (SSSR count). The van der Waals surface area contributed by atoms with E-state index in [4.69, 9.17) is 54.2 Å². The van der Waals surface area contributed by atoms with Crippen LogP contribution in [0, 0.1) is 11.8 Å². The zero-order valence-electron chi connectivity index (χ0n) is 71.5. The van der Waals surface area contributed by atoms with Gasteiger partial charge in [-0.25, -0.2) is 24.4 Å². The predicted octanol–water partition coefficient (Wildman–Crippen LogP) is 0.590. The number of aryl methyl sites for hydroxylation is 1. The summed E-state index contributed by atoms with van der Waals surface area (Å²) in [7, 11) is 4.54. The molecular weight excluding hydrogens is 1670 g/mol. The molecule has 9 amide bonds. The molecule has 0 radical (unpaired) electrons. The van der Waals surface area contributed by atoms with E-state index in [1.54, 1.807) is 65.2 Å². The zero-order chi connectivity index (χ0) is 91.4. The van der Waals surface area contributed by atoms with Crippen LogP contribution in [0.15, 0.2) is 78.5 Å². The van der Waals surface area contributed by atoms with Crippen molar-refractivity contribution < 1.29 is 134 Å². The highest BCUT2D eigenvalue weighted by atomic mass is 35.5. The molecule has 3 fully saturated rings. The number of hydrogen-bond donors (Lipinski definition) is 14. The number of hydrazine groups is 1. The molecule has 686 valence electrons. The number of benzene rings is 2. The Morgan fingerprint density at radius 3 is 2.27 bits per heavy atom. The van der Waals surface area contributed by atoms with E-state index in [1.807, 2.05) is 35.7 Å². The normalized spacial score (nSPS) is 24.5. The molecule has 0 spiro atoms. The number of pyridine rings is 1. The van der Waals surface area contributed by atoms with Crippen LogP contribution >= 0.6 is 11.6 Å². The van der Waals surface area contributed by atoms with Gasteiger partial charge in [-0.15, -0.1) is 0 Å². The van der Waals surface area contributed by atoms with Gasteiger partial charge in [0.25, 0.3) is 10.1 Å². The van der Waals surface area contributed by atoms with Gasteiger partial charge in [-0.1, -0.05) is 62.2 Å². The van der Waals surface area contributed by atoms with Gasteiger partial charge in [0.15, 0.2) is 5.72 Å². The third-order valence-electron chi connectivity index (χ3n) is 21.8. The van der Waals surface area contributed by atoms with E-state index in [9.17, 15) is 91.6 Å². The van der Waals surface area contributed by atoms with Crippen LogP contribution < -0.4 is 51.7 Å². The molecule has 16 atom stereocenters. The fraction of sp³-hybridized carbons (Fsp3) is 0.593. The Kier molecular flexibility index (Phi) is 36.1. The van der Waals surface area contributed by atoms with Gasteiger partial charge in [-0.2, -0.15) is 8.42 Å². The van der Waals surface area contributed by atoms with Gasteiger partial charge < -0.3 is 119 Å². The Bertz CT molecular complexity index is 4620. The lowest BCUT2D eigenvalue weighted by atomic mass is 9.83. The molecular formula is C81H116ClN13O28S. The largest absolute Gasteiger partial charge is 0.495 e. The van der Waals surface area contributed by atoms with Crippen LogP contribution in [0.2, 0.25) is 5.02 Å². The number of aromatic nitrogens is 2. The molecule has 43 heteroatoms. The minimum Gasteiger partial charge on any atom is -0.495 e. The molecule has 124 heavy (non-hydrogen) atoms. The van der Waals surface area contributed by atoms with E-state index < -0.39 is 197 Å². The number of alkyl carbamates (subject to hydrolysis) is 1. The van der Waals surface area contributed by atoms with E-state index in [-0.39, 0.29) is 112 Å². The molecule has 2 aromatic heterocycles. The van der Waals surface area contributed by atoms with Crippen molar-refractivity contribution in [3.63, 3.8) is 0 Å². The van der Waals surface area contributed by atoms with Gasteiger partial charge in [0, 0.05) is 96.7 Å². The van der Waals surface area contributed by atoms with E-state index in [0.717, 1.165) is 21.6 Å². The summed E-state index contributed by atoms with van der Waals surface area (Å²) in [5, 5.41) is 82.7. The molecule has 4 aliphatic rings. The Hall–Kier alpha value is -9.77. The summed E-state index contributed by atoms with van der Waals surface area (Å²) in [6.07, 6.45) is -10.3. The Morgan fingerprint density at radius 2 is 1.58 bits per heavy atom. The number of carbonyl (C=O) groups excluding carboxylic acids is 10. The van der Waals surface area contributed by atoms with E-state index in [0.29, 0.717) is 24.2 Å². The monoisotopic (exact) mass is 1790 g/mol. The fourth-order valence-corrected chi connectivity index (χ4v) is 15.0. The number of hydrogen-bond acceptors (Lipinski definition) is 30. The lowest BCUT2D eigenvalue weighted by Gasteiger charge is -2.41. The number of ether oxygens (including phenoxy) is 9. The molecule has 0 saturated carbocycles. The van der Waals surface area contributed by atoms with Crippen molar-refractivity contribution >= 4 is 104 Å². The second-order valence-corrected chi connectivity index (χ2v) is 33.5. The molecule has 6 heterocycles. The smallest absolute Gasteiger partial charge is 0.409 e. The number of anilines is 2. The van der Waals surface area contributed by atoms with Gasteiger partial charge in [0.05, 0.1) is 70.6 Å². The van der Waals surface area contributed by atoms with Crippen molar-refractivity contribution in [2.45, 2.75) is 204 Å². The number of rotatable bonds is 38. The molecule has 0 aliphatic carbocycles. The second kappa shape index (κ2) is 44.9. The van der Waals surface area contributed by atoms with Crippen LogP contribution in [0.25, 0.3) is 11.0 Å². The number of carbonyl (C=O) groups is 10. The highest BCUT2D eigenvalue weighted by Crippen LogP contribution is 2.49. The minimum absolute atomic E-state index is 0.0115. The van der Waals surface area contributed by atoms with Gasteiger partial charge >= 0.3 is 18.2 Å². The van der Waals surface area contributed by atoms with Crippen molar-refractivity contribution in [2.24, 2.45) is 11.8 Å². The summed E-state index contributed by atoms with van der Waals surface area (Å²) in [6.45, 7) is 10.1. The SMILES string of the molecule is CNN(C)Cc1cc2cccnc2n1CCC(=O)N[C@@H](CS(=O)(=O)O)C(=O)NCCOCCOCCC(=O)N[C@H](C(=O)N[C@@H](C)C(=O)Nc1ccc(COC(=O)N(C)CCCC(=O)N(C)[C@@H](C)C(=O)O[C@H]2CC(=O)N(C)c3cc(cc(OC)c3Cl)C/C(C)=C/C=C/[C@@H](O)[C@@]3(O)C[C@H](OC(=O)N3)[C@@H](C)C3O[C@]32C)cc1O[C@@H]1O[C@H](CO)[C@@H](O)[C@H](O)[C@H]1O)C(C)C. The second-order valence-electron chi connectivity index (χ2n) is 31.6. The van der Waals surface area contributed by atoms with Crippen molar-refractivity contribution in [3.8, 4) is 11.5 Å². The number of allylic oxidation sites excluding steroid dienone is 3. The van der Waals surface area contributed by atoms with Crippen LogP contribution in [-0.2, 0) is 108 Å². The zero-order valence-corrected chi connectivity index (χ0v) is 73.1. The average molecular weight is 1790 g/mol. The first-order chi connectivity index (χ1) is 58.5. The summed E-state index contributed by atoms with van der Waals surface area (Å²) in [5.74, 6) is -8.10. The third kappa shape index (κ3) is 27.1. The maximum absolute atomic E-state index is 14.5. The molecule has 4 aliphatic heterocycles. The van der Waals surface area contributed by atoms with Crippen molar-refractivity contribution in [1.82, 2.24) is 56.4 Å². The van der Waals surface area contributed by atoms with Crippen LogP contribution in [0.5, 0.6) is 11.5 Å². The lowest BCUT2D eigenvalue weighted by molar-refractivity contribution is -0.277. The number of methoxy groups -OCH3 is 1. The number of likely N-dealkylation sites (N-methyl/N-ethyl adjacent to an activating group) is 1. The van der Waals surface area contributed by atoms with Crippen LogP contribution in [0.4, 0.5) is 21.0 Å². The average Bonchev–Trinajstić information content (AvgIpc) is 1.57. The molecule has 1 unspecified atom stereocenters. The number of halogens is 1. The Morgan fingerprint density at radius 1 is 0.871 bits per heavy atom. The highest BCUT2D eigenvalue weighted by Gasteiger charge is 2.65. The number of esters is 1. The van der Waals surface area contributed by atoms with Crippen LogP contribution in [0.3, 0.4) is 0 Å². The van der Waals surface area contributed by atoms with E-state index in [1.165, 1.54) is 82.3 Å². The molecule has 4 bridgehead atoms. The van der Waals surface area contributed by atoms with Gasteiger partial charge in [-0.3, -0.25) is 48.9 Å². The van der Waals surface area contributed by atoms with Gasteiger partial charge in [0.2, 0.25) is 47.6 Å². The standard InChI is InChI=1S/C81H116ClN13O28S/c1-44(2)67(89-63(99)24-29-116-31-32-117-30-26-85-74(106)54(43-124(112,113)114)87-62(98)23-28-95-52(40-92(10)83-8)37-51-18-15-25-84-72(51)95)75(107)86-47(5)73(105)88-53-22-21-49(35-56(53)119-77-70(104)69(103)68(102)59(41-96)120-77)42-118-79(110)91(9)27-16-20-64(100)93(11)48(6)76(108)122-61-38-65(101)94(12)55-34-50(36-57(115-13)66(55)82)33-45(3)17-14-19-60(97)81(111)39-58(121-78(109)90-81)46(4)71-80(61,7)123-71/h14-15,17-19,21-22,25,34-37,44,46-48,54,58-61,67-71,77,83,96-97,102-104,111H,16,20,23-24,26-33,38-43H2,1-13H3,(H,85,106)(H,86,107)(H,87,98)(H,88,105)(H,89,99)(H,90,109)(H,112,113,114)/b19-14+,45-17+/t46-,47+,48+,54+,58+,59-,60-,61+,67+,68-,69+,70-,71?,77-,80+,81+/m1/s1. The maximum atomic E-state index is 14.5. The molecule has 3 saturated heterocycles. The van der Waals surface area contributed by atoms with Gasteiger partial charge in [0.1, 0.15) is 107 Å².